The van der Waals surface area contributed by atoms with Gasteiger partial charge in [-0.05, 0) is 37.5 Å². The summed E-state index contributed by atoms with van der Waals surface area (Å²) in [7, 11) is 0. The molecule has 1 aromatic carbocycles. The molecule has 0 spiro atoms. The van der Waals surface area contributed by atoms with Crippen molar-refractivity contribution in [2.45, 2.75) is 31.4 Å². The highest BCUT2D eigenvalue weighted by molar-refractivity contribution is 5.95. The van der Waals surface area contributed by atoms with E-state index in [2.05, 4.69) is 0 Å². The Morgan fingerprint density at radius 2 is 2.26 bits per heavy atom. The minimum atomic E-state index is -0.514. The lowest BCUT2D eigenvalue weighted by atomic mass is 10.1. The number of nitrogens with zero attached hydrogens (tertiary/aromatic N) is 1. The molecule has 5 heteroatoms. The van der Waals surface area contributed by atoms with Gasteiger partial charge < -0.3 is 15.4 Å². The molecule has 102 valence electrons. The summed E-state index contributed by atoms with van der Waals surface area (Å²) in [6.07, 6.45) is 3.08. The van der Waals surface area contributed by atoms with Crippen LogP contribution in [0.3, 0.4) is 0 Å². The Bertz CT molecular complexity index is 506. The van der Waals surface area contributed by atoms with Crippen LogP contribution in [0.15, 0.2) is 18.2 Å². The van der Waals surface area contributed by atoms with Gasteiger partial charge in [-0.3, -0.25) is 4.79 Å². The summed E-state index contributed by atoms with van der Waals surface area (Å²) < 4.78 is 19.4. The number of halogens is 1. The lowest BCUT2D eigenvalue weighted by molar-refractivity contribution is -0.0446. The molecule has 2 atom stereocenters. The molecule has 0 bridgehead atoms. The fraction of sp³-hybridized carbons (Fsp3) is 0.500. The average molecular weight is 264 g/mol. The van der Waals surface area contributed by atoms with Crippen molar-refractivity contribution in [2.75, 3.05) is 18.9 Å². The van der Waals surface area contributed by atoms with Gasteiger partial charge in [0.25, 0.3) is 5.91 Å². The van der Waals surface area contributed by atoms with Crippen molar-refractivity contribution < 1.29 is 13.9 Å². The van der Waals surface area contributed by atoms with Gasteiger partial charge in [0.1, 0.15) is 5.82 Å². The number of carbonyl (C=O) groups excluding carboxylic acids is 1. The van der Waals surface area contributed by atoms with Crippen LogP contribution in [0.2, 0.25) is 0 Å². The normalized spacial score (nSPS) is 26.3. The topological polar surface area (TPSA) is 55.6 Å². The molecule has 1 saturated heterocycles. The number of hydrogen-bond acceptors (Lipinski definition) is 3. The van der Waals surface area contributed by atoms with Crippen LogP contribution in [0.4, 0.5) is 10.1 Å². The van der Waals surface area contributed by atoms with Gasteiger partial charge in [-0.25, -0.2) is 4.39 Å². The van der Waals surface area contributed by atoms with E-state index in [4.69, 9.17) is 10.5 Å². The Kier molecular flexibility index (Phi) is 3.14. The molecule has 2 N–H and O–H groups in total. The molecule has 4 nitrogen and oxygen atoms in total. The van der Waals surface area contributed by atoms with Crippen molar-refractivity contribution in [1.82, 2.24) is 4.90 Å². The third-order valence-electron chi connectivity index (χ3n) is 3.96. The summed E-state index contributed by atoms with van der Waals surface area (Å²) in [6.45, 7) is 1.05. The Morgan fingerprint density at radius 1 is 1.42 bits per heavy atom. The van der Waals surface area contributed by atoms with Crippen LogP contribution in [-0.2, 0) is 4.74 Å². The van der Waals surface area contributed by atoms with Crippen molar-refractivity contribution in [3.63, 3.8) is 0 Å². The molecule has 2 unspecified atom stereocenters. The molecule has 2 fully saturated rings. The fourth-order valence-corrected chi connectivity index (χ4v) is 3.04. The first-order valence-electron chi connectivity index (χ1n) is 6.64. The summed E-state index contributed by atoms with van der Waals surface area (Å²) in [6, 6.07) is 4.21. The maximum absolute atomic E-state index is 13.8. The van der Waals surface area contributed by atoms with Gasteiger partial charge in [0.15, 0.2) is 0 Å². The first-order valence-corrected chi connectivity index (χ1v) is 6.64. The number of rotatable bonds is 1. The highest BCUT2D eigenvalue weighted by Gasteiger charge is 2.39. The molecule has 0 radical (unpaired) electrons. The van der Waals surface area contributed by atoms with E-state index in [9.17, 15) is 9.18 Å². The van der Waals surface area contributed by atoms with Crippen LogP contribution in [0.5, 0.6) is 0 Å². The Labute approximate surface area is 111 Å². The zero-order chi connectivity index (χ0) is 13.4. The van der Waals surface area contributed by atoms with Gasteiger partial charge in [-0.15, -0.1) is 0 Å². The van der Waals surface area contributed by atoms with E-state index in [1.165, 1.54) is 18.2 Å². The fourth-order valence-electron chi connectivity index (χ4n) is 3.04. The van der Waals surface area contributed by atoms with Crippen LogP contribution < -0.4 is 5.73 Å². The molecular weight excluding hydrogens is 247 g/mol. The van der Waals surface area contributed by atoms with Crippen molar-refractivity contribution in [3.8, 4) is 0 Å². The van der Waals surface area contributed by atoms with Gasteiger partial charge in [-0.2, -0.15) is 0 Å². The van der Waals surface area contributed by atoms with Gasteiger partial charge in [0.05, 0.1) is 24.3 Å². The van der Waals surface area contributed by atoms with Crippen LogP contribution in [0.25, 0.3) is 0 Å². The minimum Gasteiger partial charge on any atom is -0.399 e. The second kappa shape index (κ2) is 4.81. The van der Waals surface area contributed by atoms with Gasteiger partial charge in [0, 0.05) is 12.2 Å². The van der Waals surface area contributed by atoms with E-state index < -0.39 is 5.82 Å². The zero-order valence-electron chi connectivity index (χ0n) is 10.6. The average Bonchev–Trinajstić information content (AvgIpc) is 2.89. The lowest BCUT2D eigenvalue weighted by Crippen LogP contribution is -2.51. The van der Waals surface area contributed by atoms with E-state index in [0.717, 1.165) is 19.3 Å². The number of morpholine rings is 1. The second-order valence-electron chi connectivity index (χ2n) is 5.15. The molecule has 19 heavy (non-hydrogen) atoms. The van der Waals surface area contributed by atoms with Crippen LogP contribution in [-0.4, -0.2) is 36.1 Å². The number of benzene rings is 1. The van der Waals surface area contributed by atoms with Gasteiger partial charge in [0.2, 0.25) is 0 Å². The van der Waals surface area contributed by atoms with Gasteiger partial charge >= 0.3 is 0 Å². The van der Waals surface area contributed by atoms with Crippen LogP contribution in [0.1, 0.15) is 29.6 Å². The third-order valence-corrected chi connectivity index (χ3v) is 3.96. The highest BCUT2D eigenvalue weighted by Crippen LogP contribution is 2.31. The standard InChI is InChI=1S/C14H17FN2O2/c15-11-5-4-9(16)8-10(11)14(18)17-6-7-19-13-3-1-2-12(13)17/h4-5,8,12-13H,1-3,6-7,16H2. The van der Waals surface area contributed by atoms with Crippen molar-refractivity contribution in [1.29, 1.82) is 0 Å². The molecule has 1 aromatic rings. The number of amides is 1. The Hall–Kier alpha value is -1.62. The number of ether oxygens (including phenoxy) is 1. The number of fused-ring (bicyclic) bond motifs is 1. The number of nitrogens with two attached hydrogens (primary N) is 1. The van der Waals surface area contributed by atoms with Gasteiger partial charge in [-0.1, -0.05) is 0 Å². The maximum Gasteiger partial charge on any atom is 0.257 e. The predicted molar refractivity (Wildman–Crippen MR) is 69.2 cm³/mol. The third kappa shape index (κ3) is 2.18. The molecule has 1 saturated carbocycles. The molecule has 2 aliphatic rings. The molecule has 3 rings (SSSR count). The largest absolute Gasteiger partial charge is 0.399 e. The molecule has 1 aliphatic carbocycles. The quantitative estimate of drug-likeness (QED) is 0.787. The van der Waals surface area contributed by atoms with E-state index in [1.807, 2.05) is 0 Å². The molecule has 1 amide bonds. The summed E-state index contributed by atoms with van der Waals surface area (Å²) in [5, 5.41) is 0. The lowest BCUT2D eigenvalue weighted by Gasteiger charge is -2.37. The first-order chi connectivity index (χ1) is 9.16. The smallest absolute Gasteiger partial charge is 0.257 e. The van der Waals surface area contributed by atoms with Crippen molar-refractivity contribution in [2.24, 2.45) is 0 Å². The number of anilines is 1. The predicted octanol–water partition coefficient (Wildman–Crippen LogP) is 1.80. The maximum atomic E-state index is 13.8. The molecule has 1 aliphatic heterocycles. The van der Waals surface area contributed by atoms with E-state index in [-0.39, 0.29) is 23.6 Å². The minimum absolute atomic E-state index is 0.0625. The van der Waals surface area contributed by atoms with Crippen molar-refractivity contribution >= 4 is 11.6 Å². The zero-order valence-corrected chi connectivity index (χ0v) is 10.6. The number of nitrogen functional groups attached to an aromatic ring is 1. The molecule has 0 aromatic heterocycles. The molecule has 1 heterocycles. The van der Waals surface area contributed by atoms with Crippen molar-refractivity contribution in [3.05, 3.63) is 29.6 Å². The Morgan fingerprint density at radius 3 is 3.11 bits per heavy atom. The summed E-state index contributed by atoms with van der Waals surface area (Å²) >= 11 is 0. The SMILES string of the molecule is Nc1ccc(F)c(C(=O)N2CCOC3CCCC32)c1. The van der Waals surface area contributed by atoms with Crippen LogP contribution >= 0.6 is 0 Å². The summed E-state index contributed by atoms with van der Waals surface area (Å²) in [4.78, 5) is 14.2. The van der Waals surface area contributed by atoms with E-state index >= 15 is 0 Å². The summed E-state index contributed by atoms with van der Waals surface area (Å²) in [5.74, 6) is -0.787. The number of carbonyl (C=O) groups is 1. The number of hydrogen-bond donors (Lipinski definition) is 1. The monoisotopic (exact) mass is 264 g/mol. The second-order valence-corrected chi connectivity index (χ2v) is 5.15. The molecular formula is C14H17FN2O2. The van der Waals surface area contributed by atoms with E-state index in [1.54, 1.807) is 4.90 Å². The van der Waals surface area contributed by atoms with E-state index in [0.29, 0.717) is 18.8 Å². The first kappa shape index (κ1) is 12.4. The Balaban J connectivity index is 1.88. The summed E-state index contributed by atoms with van der Waals surface area (Å²) in [5.41, 5.74) is 6.11. The highest BCUT2D eigenvalue weighted by atomic mass is 19.1. The van der Waals surface area contributed by atoms with Crippen LogP contribution in [0, 0.1) is 5.82 Å².